The first kappa shape index (κ1) is 16.5. The number of amides is 2. The Morgan fingerprint density at radius 1 is 1.41 bits per heavy atom. The molecule has 2 rings (SSSR count). The summed E-state index contributed by atoms with van der Waals surface area (Å²) in [6, 6.07) is 6.67. The fourth-order valence-corrected chi connectivity index (χ4v) is 2.77. The SMILES string of the molecule is CCC1=C(C(=O)OC(C)C)C(c2cccc(Br)c2)NC(=O)N1. The third kappa shape index (κ3) is 3.68. The third-order valence-corrected chi connectivity index (χ3v) is 3.75. The standard InChI is InChI=1S/C16H19BrN2O3/c1-4-12-13(15(20)22-9(2)3)14(19-16(21)18-12)10-6-5-7-11(17)8-10/h5-9,14H,4H2,1-3H3,(H2,18,19,21). The summed E-state index contributed by atoms with van der Waals surface area (Å²) in [5.74, 6) is -0.413. The van der Waals surface area contributed by atoms with Crippen LogP contribution >= 0.6 is 15.9 Å². The second-order valence-corrected chi connectivity index (χ2v) is 6.20. The van der Waals surface area contributed by atoms with E-state index in [0.29, 0.717) is 17.7 Å². The predicted octanol–water partition coefficient (Wildman–Crippen LogP) is 3.42. The summed E-state index contributed by atoms with van der Waals surface area (Å²) in [5, 5.41) is 5.50. The van der Waals surface area contributed by atoms with Crippen molar-refractivity contribution in [3.63, 3.8) is 0 Å². The monoisotopic (exact) mass is 366 g/mol. The van der Waals surface area contributed by atoms with Crippen molar-refractivity contribution in [2.45, 2.75) is 39.3 Å². The highest BCUT2D eigenvalue weighted by Crippen LogP contribution is 2.30. The molecule has 1 atom stereocenters. The van der Waals surface area contributed by atoms with Gasteiger partial charge in [0, 0.05) is 10.2 Å². The van der Waals surface area contributed by atoms with E-state index in [0.717, 1.165) is 10.0 Å². The Bertz CT molecular complexity index is 626. The van der Waals surface area contributed by atoms with E-state index in [1.54, 1.807) is 13.8 Å². The van der Waals surface area contributed by atoms with Gasteiger partial charge in [-0.3, -0.25) is 0 Å². The molecule has 1 aliphatic rings. The molecular formula is C16H19BrN2O3. The molecule has 5 nitrogen and oxygen atoms in total. The molecular weight excluding hydrogens is 348 g/mol. The fraction of sp³-hybridized carbons (Fsp3) is 0.375. The maximum atomic E-state index is 12.5. The summed E-state index contributed by atoms with van der Waals surface area (Å²) in [6.45, 7) is 5.49. The Labute approximate surface area is 138 Å². The summed E-state index contributed by atoms with van der Waals surface area (Å²) in [6.07, 6.45) is 0.319. The van der Waals surface area contributed by atoms with Gasteiger partial charge in [0.05, 0.1) is 17.7 Å². The maximum Gasteiger partial charge on any atom is 0.338 e. The number of allylic oxidation sites excluding steroid dienone is 1. The molecule has 0 spiro atoms. The number of hydrogen-bond acceptors (Lipinski definition) is 3. The zero-order valence-electron chi connectivity index (χ0n) is 12.8. The van der Waals surface area contributed by atoms with Crippen LogP contribution in [-0.2, 0) is 9.53 Å². The number of rotatable bonds is 4. The fourth-order valence-electron chi connectivity index (χ4n) is 2.35. The number of benzene rings is 1. The molecule has 0 saturated carbocycles. The van der Waals surface area contributed by atoms with Gasteiger partial charge < -0.3 is 15.4 Å². The molecule has 0 bridgehead atoms. The average Bonchev–Trinajstić information content (AvgIpc) is 2.45. The van der Waals surface area contributed by atoms with Gasteiger partial charge in [-0.1, -0.05) is 35.0 Å². The van der Waals surface area contributed by atoms with E-state index in [-0.39, 0.29) is 12.1 Å². The topological polar surface area (TPSA) is 67.4 Å². The highest BCUT2D eigenvalue weighted by atomic mass is 79.9. The van der Waals surface area contributed by atoms with Crippen LogP contribution in [0.1, 0.15) is 38.8 Å². The molecule has 0 aromatic heterocycles. The highest BCUT2D eigenvalue weighted by Gasteiger charge is 2.33. The van der Waals surface area contributed by atoms with E-state index in [9.17, 15) is 9.59 Å². The zero-order valence-corrected chi connectivity index (χ0v) is 14.4. The van der Waals surface area contributed by atoms with Crippen LogP contribution in [-0.4, -0.2) is 18.1 Å². The maximum absolute atomic E-state index is 12.5. The number of carbonyl (C=O) groups is 2. The number of carbonyl (C=O) groups excluding carboxylic acids is 2. The third-order valence-electron chi connectivity index (χ3n) is 3.25. The minimum atomic E-state index is -0.521. The van der Waals surface area contributed by atoms with E-state index < -0.39 is 12.0 Å². The second-order valence-electron chi connectivity index (χ2n) is 5.29. The van der Waals surface area contributed by atoms with Crippen LogP contribution in [0.15, 0.2) is 40.0 Å². The molecule has 6 heteroatoms. The second kappa shape index (κ2) is 6.96. The largest absolute Gasteiger partial charge is 0.459 e. The van der Waals surface area contributed by atoms with E-state index in [2.05, 4.69) is 26.6 Å². The van der Waals surface area contributed by atoms with Crippen LogP contribution in [0.5, 0.6) is 0 Å². The van der Waals surface area contributed by atoms with Crippen molar-refractivity contribution < 1.29 is 14.3 Å². The molecule has 1 aromatic rings. The number of esters is 1. The quantitative estimate of drug-likeness (QED) is 0.802. The number of urea groups is 1. The number of halogens is 1. The molecule has 1 unspecified atom stereocenters. The summed E-state index contributed by atoms with van der Waals surface area (Å²) in [5.41, 5.74) is 1.87. The normalized spacial score (nSPS) is 18.0. The number of nitrogens with one attached hydrogen (secondary N) is 2. The van der Waals surface area contributed by atoms with Gasteiger partial charge in [0.1, 0.15) is 0 Å². The van der Waals surface area contributed by atoms with Crippen molar-refractivity contribution in [3.05, 3.63) is 45.6 Å². The Morgan fingerprint density at radius 3 is 2.73 bits per heavy atom. The van der Waals surface area contributed by atoms with Gasteiger partial charge in [-0.05, 0) is 38.0 Å². The average molecular weight is 367 g/mol. The first-order valence-electron chi connectivity index (χ1n) is 7.19. The van der Waals surface area contributed by atoms with Gasteiger partial charge in [0.2, 0.25) is 0 Å². The van der Waals surface area contributed by atoms with Crippen molar-refractivity contribution in [1.29, 1.82) is 0 Å². The first-order valence-corrected chi connectivity index (χ1v) is 7.98. The molecule has 0 aliphatic carbocycles. The molecule has 2 amide bonds. The lowest BCUT2D eigenvalue weighted by atomic mass is 9.94. The van der Waals surface area contributed by atoms with Gasteiger partial charge in [-0.2, -0.15) is 0 Å². The molecule has 118 valence electrons. The Morgan fingerprint density at radius 2 is 2.14 bits per heavy atom. The van der Waals surface area contributed by atoms with Crippen molar-refractivity contribution >= 4 is 27.9 Å². The molecule has 0 saturated heterocycles. The van der Waals surface area contributed by atoms with Crippen LogP contribution < -0.4 is 10.6 Å². The smallest absolute Gasteiger partial charge is 0.338 e. The molecule has 1 aliphatic heterocycles. The van der Waals surface area contributed by atoms with E-state index in [1.807, 2.05) is 31.2 Å². The van der Waals surface area contributed by atoms with Crippen molar-refractivity contribution in [2.75, 3.05) is 0 Å². The van der Waals surface area contributed by atoms with E-state index in [4.69, 9.17) is 4.74 Å². The van der Waals surface area contributed by atoms with E-state index >= 15 is 0 Å². The Kier molecular flexibility index (Phi) is 5.24. The summed E-state index contributed by atoms with van der Waals surface area (Å²) < 4.78 is 6.22. The van der Waals surface area contributed by atoms with Crippen LogP contribution in [0.2, 0.25) is 0 Å². The minimum Gasteiger partial charge on any atom is -0.459 e. The summed E-state index contributed by atoms with van der Waals surface area (Å²) >= 11 is 3.41. The highest BCUT2D eigenvalue weighted by molar-refractivity contribution is 9.10. The predicted molar refractivity (Wildman–Crippen MR) is 87.1 cm³/mol. The molecule has 22 heavy (non-hydrogen) atoms. The van der Waals surface area contributed by atoms with Gasteiger partial charge in [-0.25, -0.2) is 9.59 Å². The number of hydrogen-bond donors (Lipinski definition) is 2. The molecule has 1 heterocycles. The van der Waals surface area contributed by atoms with Gasteiger partial charge in [0.25, 0.3) is 0 Å². The van der Waals surface area contributed by atoms with Crippen LogP contribution in [0.25, 0.3) is 0 Å². The molecule has 1 aromatic carbocycles. The number of ether oxygens (including phenoxy) is 1. The summed E-state index contributed by atoms with van der Waals surface area (Å²) in [7, 11) is 0. The van der Waals surface area contributed by atoms with Crippen molar-refractivity contribution in [2.24, 2.45) is 0 Å². The van der Waals surface area contributed by atoms with E-state index in [1.165, 1.54) is 0 Å². The van der Waals surface area contributed by atoms with Crippen LogP contribution in [0.3, 0.4) is 0 Å². The Balaban J connectivity index is 2.48. The van der Waals surface area contributed by atoms with Gasteiger partial charge in [-0.15, -0.1) is 0 Å². The lowest BCUT2D eigenvalue weighted by Gasteiger charge is -2.29. The van der Waals surface area contributed by atoms with Crippen molar-refractivity contribution in [3.8, 4) is 0 Å². The first-order chi connectivity index (χ1) is 10.4. The lowest BCUT2D eigenvalue weighted by molar-refractivity contribution is -0.143. The molecule has 0 fully saturated rings. The molecule has 0 radical (unpaired) electrons. The van der Waals surface area contributed by atoms with Crippen LogP contribution in [0, 0.1) is 0 Å². The molecule has 2 N–H and O–H groups in total. The van der Waals surface area contributed by atoms with Gasteiger partial charge >= 0.3 is 12.0 Å². The van der Waals surface area contributed by atoms with Gasteiger partial charge in [0.15, 0.2) is 0 Å². The zero-order chi connectivity index (χ0) is 16.3. The Hall–Kier alpha value is -1.82. The minimum absolute atomic E-state index is 0.223. The van der Waals surface area contributed by atoms with Crippen molar-refractivity contribution in [1.82, 2.24) is 10.6 Å². The lowest BCUT2D eigenvalue weighted by Crippen LogP contribution is -2.46. The summed E-state index contributed by atoms with van der Waals surface area (Å²) in [4.78, 5) is 24.3. The van der Waals surface area contributed by atoms with Crippen LogP contribution in [0.4, 0.5) is 4.79 Å².